The van der Waals surface area contributed by atoms with Crippen LogP contribution in [0.2, 0.25) is 5.02 Å². The number of carbonyl (C=O) groups excluding carboxylic acids is 1. The number of ether oxygens (including phenoxy) is 1. The molecule has 0 atom stereocenters. The third-order valence-corrected chi connectivity index (χ3v) is 3.20. The molecule has 2 aromatic rings. The van der Waals surface area contributed by atoms with Crippen LogP contribution in [0, 0.1) is 10.1 Å². The quantitative estimate of drug-likeness (QED) is 0.491. The second-order valence-corrected chi connectivity index (χ2v) is 4.91. The van der Waals surface area contributed by atoms with Gasteiger partial charge in [0.05, 0.1) is 15.5 Å². The van der Waals surface area contributed by atoms with Crippen LogP contribution in [0.25, 0.3) is 0 Å². The molecule has 0 fully saturated rings. The number of halogens is 1. The monoisotopic (exact) mass is 332 g/mol. The van der Waals surface area contributed by atoms with Crippen LogP contribution in [0.15, 0.2) is 55.1 Å². The number of amides is 1. The summed E-state index contributed by atoms with van der Waals surface area (Å²) in [5.74, 6) is 0.195. The van der Waals surface area contributed by atoms with Crippen LogP contribution in [0.4, 0.5) is 11.4 Å². The van der Waals surface area contributed by atoms with Gasteiger partial charge in [0.1, 0.15) is 12.4 Å². The highest BCUT2D eigenvalue weighted by Crippen LogP contribution is 2.24. The zero-order chi connectivity index (χ0) is 16.8. The van der Waals surface area contributed by atoms with Gasteiger partial charge in [0.2, 0.25) is 0 Å². The predicted octanol–water partition coefficient (Wildman–Crippen LogP) is 4.07. The van der Waals surface area contributed by atoms with Gasteiger partial charge in [-0.1, -0.05) is 24.3 Å². The summed E-state index contributed by atoms with van der Waals surface area (Å²) in [4.78, 5) is 22.2. The lowest BCUT2D eigenvalue weighted by atomic mass is 10.2. The summed E-state index contributed by atoms with van der Waals surface area (Å²) in [6.07, 6.45) is 1.63. The van der Waals surface area contributed by atoms with E-state index in [-0.39, 0.29) is 16.3 Å². The Balaban J connectivity index is 2.09. The van der Waals surface area contributed by atoms with Crippen molar-refractivity contribution >= 4 is 28.9 Å². The number of nitro benzene ring substituents is 1. The molecule has 1 amide bonds. The first kappa shape index (κ1) is 16.5. The fourth-order valence-corrected chi connectivity index (χ4v) is 2.05. The first-order chi connectivity index (χ1) is 11.0. The summed E-state index contributed by atoms with van der Waals surface area (Å²) >= 11 is 5.92. The topological polar surface area (TPSA) is 81.5 Å². The van der Waals surface area contributed by atoms with Crippen LogP contribution >= 0.6 is 11.6 Å². The van der Waals surface area contributed by atoms with Gasteiger partial charge < -0.3 is 10.1 Å². The largest absolute Gasteiger partial charge is 0.490 e. The molecule has 7 heteroatoms. The molecule has 0 aliphatic heterocycles. The molecule has 118 valence electrons. The molecule has 0 saturated carbocycles. The summed E-state index contributed by atoms with van der Waals surface area (Å²) in [5.41, 5.74) is 0.537. The van der Waals surface area contributed by atoms with Gasteiger partial charge in [0.15, 0.2) is 0 Å². The lowest BCUT2D eigenvalue weighted by Gasteiger charge is -2.08. The van der Waals surface area contributed by atoms with Crippen molar-refractivity contribution in [3.8, 4) is 5.75 Å². The SMILES string of the molecule is C=CCOc1ccc(NC(=O)c2ccc([N+](=O)[O-])cc2Cl)cc1. The van der Waals surface area contributed by atoms with Gasteiger partial charge in [-0.3, -0.25) is 14.9 Å². The average molecular weight is 333 g/mol. The predicted molar refractivity (Wildman–Crippen MR) is 88.2 cm³/mol. The van der Waals surface area contributed by atoms with E-state index in [0.717, 1.165) is 6.07 Å². The molecule has 2 rings (SSSR count). The zero-order valence-corrected chi connectivity index (χ0v) is 12.7. The van der Waals surface area contributed by atoms with Crippen LogP contribution in [-0.2, 0) is 0 Å². The van der Waals surface area contributed by atoms with Crippen molar-refractivity contribution in [3.63, 3.8) is 0 Å². The van der Waals surface area contributed by atoms with E-state index in [2.05, 4.69) is 11.9 Å². The molecule has 0 aliphatic rings. The van der Waals surface area contributed by atoms with Gasteiger partial charge in [-0.15, -0.1) is 0 Å². The molecule has 23 heavy (non-hydrogen) atoms. The standard InChI is InChI=1S/C16H13ClN2O4/c1-2-9-23-13-6-3-11(4-7-13)18-16(20)14-8-5-12(19(21)22)10-15(14)17/h2-8,10H,1,9H2,(H,18,20). The van der Waals surface area contributed by atoms with Crippen LogP contribution in [0.1, 0.15) is 10.4 Å². The number of hydrogen-bond acceptors (Lipinski definition) is 4. The van der Waals surface area contributed by atoms with Crippen LogP contribution in [-0.4, -0.2) is 17.4 Å². The number of rotatable bonds is 6. The van der Waals surface area contributed by atoms with Crippen molar-refractivity contribution in [2.75, 3.05) is 11.9 Å². The minimum atomic E-state index is -0.574. The van der Waals surface area contributed by atoms with Crippen molar-refractivity contribution in [3.05, 3.63) is 75.8 Å². The third kappa shape index (κ3) is 4.31. The lowest BCUT2D eigenvalue weighted by Crippen LogP contribution is -2.12. The van der Waals surface area contributed by atoms with E-state index in [4.69, 9.17) is 16.3 Å². The Bertz CT molecular complexity index is 744. The molecule has 6 nitrogen and oxygen atoms in total. The van der Waals surface area contributed by atoms with Crippen molar-refractivity contribution in [1.29, 1.82) is 0 Å². The summed E-state index contributed by atoms with van der Waals surface area (Å²) in [7, 11) is 0. The molecule has 2 aromatic carbocycles. The number of nitrogens with one attached hydrogen (secondary N) is 1. The Kier molecular flexibility index (Phi) is 5.32. The maximum Gasteiger partial charge on any atom is 0.270 e. The Labute approximate surface area is 137 Å². The normalized spacial score (nSPS) is 9.96. The third-order valence-electron chi connectivity index (χ3n) is 2.89. The molecule has 1 N–H and O–H groups in total. The number of nitro groups is 1. The highest BCUT2D eigenvalue weighted by Gasteiger charge is 2.15. The molecule has 0 aromatic heterocycles. The molecule has 0 heterocycles. The molecule has 0 aliphatic carbocycles. The number of anilines is 1. The summed E-state index contributed by atoms with van der Waals surface area (Å²) in [6, 6.07) is 10.4. The summed E-state index contributed by atoms with van der Waals surface area (Å²) in [5, 5.41) is 13.3. The van der Waals surface area contributed by atoms with Crippen LogP contribution in [0.5, 0.6) is 5.75 Å². The highest BCUT2D eigenvalue weighted by atomic mass is 35.5. The molecule has 0 spiro atoms. The van der Waals surface area contributed by atoms with Crippen molar-refractivity contribution in [1.82, 2.24) is 0 Å². The molecular weight excluding hydrogens is 320 g/mol. The van der Waals surface area contributed by atoms with Gasteiger partial charge >= 0.3 is 0 Å². The number of non-ortho nitro benzene ring substituents is 1. The highest BCUT2D eigenvalue weighted by molar-refractivity contribution is 6.34. The Hall–Kier alpha value is -2.86. The summed E-state index contributed by atoms with van der Waals surface area (Å²) in [6.45, 7) is 3.95. The van der Waals surface area contributed by atoms with Crippen molar-refractivity contribution in [2.24, 2.45) is 0 Å². The molecule has 0 bridgehead atoms. The maximum atomic E-state index is 12.2. The zero-order valence-electron chi connectivity index (χ0n) is 12.0. The van der Waals surface area contributed by atoms with E-state index < -0.39 is 10.8 Å². The van der Waals surface area contributed by atoms with E-state index in [1.807, 2.05) is 0 Å². The second kappa shape index (κ2) is 7.42. The minimum Gasteiger partial charge on any atom is -0.490 e. The Morgan fingerprint density at radius 1 is 1.30 bits per heavy atom. The number of benzene rings is 2. The first-order valence-electron chi connectivity index (χ1n) is 6.60. The van der Waals surface area contributed by atoms with Gasteiger partial charge in [-0.05, 0) is 30.3 Å². The van der Waals surface area contributed by atoms with Crippen LogP contribution < -0.4 is 10.1 Å². The van der Waals surface area contributed by atoms with Gasteiger partial charge in [0.25, 0.3) is 11.6 Å². The fourth-order valence-electron chi connectivity index (χ4n) is 1.79. The van der Waals surface area contributed by atoms with Crippen molar-refractivity contribution in [2.45, 2.75) is 0 Å². The minimum absolute atomic E-state index is 0.0163. The van der Waals surface area contributed by atoms with Gasteiger partial charge in [-0.25, -0.2) is 0 Å². The van der Waals surface area contributed by atoms with Crippen LogP contribution in [0.3, 0.4) is 0 Å². The Morgan fingerprint density at radius 2 is 2.00 bits per heavy atom. The smallest absolute Gasteiger partial charge is 0.270 e. The molecular formula is C16H13ClN2O4. The number of hydrogen-bond donors (Lipinski definition) is 1. The fraction of sp³-hybridized carbons (Fsp3) is 0.0625. The van der Waals surface area contributed by atoms with E-state index in [1.165, 1.54) is 12.1 Å². The average Bonchev–Trinajstić information content (AvgIpc) is 2.53. The number of nitrogens with zero attached hydrogens (tertiary/aromatic N) is 1. The second-order valence-electron chi connectivity index (χ2n) is 4.50. The summed E-state index contributed by atoms with van der Waals surface area (Å²) < 4.78 is 5.34. The Morgan fingerprint density at radius 3 is 2.57 bits per heavy atom. The van der Waals surface area contributed by atoms with Gasteiger partial charge in [-0.2, -0.15) is 0 Å². The molecule has 0 unspecified atom stereocenters. The first-order valence-corrected chi connectivity index (χ1v) is 6.98. The van der Waals surface area contributed by atoms with Gasteiger partial charge in [0, 0.05) is 17.8 Å². The van der Waals surface area contributed by atoms with E-state index in [0.29, 0.717) is 18.0 Å². The van der Waals surface area contributed by atoms with E-state index in [9.17, 15) is 14.9 Å². The molecule has 0 radical (unpaired) electrons. The van der Waals surface area contributed by atoms with E-state index in [1.54, 1.807) is 30.3 Å². The van der Waals surface area contributed by atoms with Crippen molar-refractivity contribution < 1.29 is 14.5 Å². The number of carbonyl (C=O) groups is 1. The lowest BCUT2D eigenvalue weighted by molar-refractivity contribution is -0.384. The van der Waals surface area contributed by atoms with E-state index >= 15 is 0 Å². The molecule has 0 saturated heterocycles. The maximum absolute atomic E-state index is 12.2.